The summed E-state index contributed by atoms with van der Waals surface area (Å²) in [6.07, 6.45) is 6.98. The number of aromatic nitrogens is 1. The van der Waals surface area contributed by atoms with Crippen molar-refractivity contribution in [2.45, 2.75) is 32.4 Å². The summed E-state index contributed by atoms with van der Waals surface area (Å²) >= 11 is 0. The quantitative estimate of drug-likeness (QED) is 0.193. The van der Waals surface area contributed by atoms with E-state index in [4.69, 9.17) is 14.2 Å². The van der Waals surface area contributed by atoms with Gasteiger partial charge in [-0.15, -0.1) is 0 Å². The number of methoxy groups -OCH3 is 3. The van der Waals surface area contributed by atoms with Crippen LogP contribution in [0.25, 0.3) is 17.0 Å². The van der Waals surface area contributed by atoms with Crippen LogP contribution in [-0.2, 0) is 11.3 Å². The minimum atomic E-state index is -0.0396. The Morgan fingerprint density at radius 1 is 0.950 bits per heavy atom. The van der Waals surface area contributed by atoms with Gasteiger partial charge in [-0.3, -0.25) is 9.78 Å². The van der Waals surface area contributed by atoms with Gasteiger partial charge in [0, 0.05) is 42.9 Å². The topological polar surface area (TPSA) is 72.9 Å². The number of amides is 1. The smallest absolute Gasteiger partial charge is 0.246 e. The Labute approximate surface area is 236 Å². The lowest BCUT2D eigenvalue weighted by Crippen LogP contribution is -2.31. The van der Waals surface area contributed by atoms with Gasteiger partial charge < -0.3 is 24.4 Å². The van der Waals surface area contributed by atoms with E-state index in [2.05, 4.69) is 17.2 Å². The number of hydrogen-bond donors (Lipinski definition) is 1. The van der Waals surface area contributed by atoms with Gasteiger partial charge in [-0.05, 0) is 61.2 Å². The van der Waals surface area contributed by atoms with Crippen molar-refractivity contribution in [3.05, 3.63) is 96.2 Å². The van der Waals surface area contributed by atoms with Crippen LogP contribution in [0.5, 0.6) is 17.2 Å². The normalized spacial score (nSPS) is 11.8. The van der Waals surface area contributed by atoms with Crippen molar-refractivity contribution < 1.29 is 19.0 Å². The third-order valence-electron chi connectivity index (χ3n) is 6.73. The van der Waals surface area contributed by atoms with Crippen molar-refractivity contribution in [2.24, 2.45) is 0 Å². The maximum Gasteiger partial charge on any atom is 0.246 e. The van der Waals surface area contributed by atoms with Gasteiger partial charge >= 0.3 is 0 Å². The third-order valence-corrected chi connectivity index (χ3v) is 6.73. The Kier molecular flexibility index (Phi) is 9.99. The predicted octanol–water partition coefficient (Wildman–Crippen LogP) is 6.58. The molecule has 0 aliphatic carbocycles. The molecule has 1 aromatic heterocycles. The van der Waals surface area contributed by atoms with Crippen molar-refractivity contribution in [3.8, 4) is 17.2 Å². The maximum absolute atomic E-state index is 13.3. The van der Waals surface area contributed by atoms with Gasteiger partial charge in [0.1, 0.15) is 5.75 Å². The summed E-state index contributed by atoms with van der Waals surface area (Å²) in [6, 6.07) is 23.7. The average Bonchev–Trinajstić information content (AvgIpc) is 2.99. The first-order valence-electron chi connectivity index (χ1n) is 13.4. The number of nitrogens with one attached hydrogen (secondary N) is 1. The highest BCUT2D eigenvalue weighted by atomic mass is 16.5. The number of anilines is 1. The minimum absolute atomic E-state index is 0.0396. The lowest BCUT2D eigenvalue weighted by molar-refractivity contribution is -0.126. The molecular weight excluding hydrogens is 502 g/mol. The molecule has 1 N–H and O–H groups in total. The molecule has 0 aliphatic rings. The van der Waals surface area contributed by atoms with E-state index in [1.54, 1.807) is 33.6 Å². The molecule has 1 unspecified atom stereocenters. The molecule has 0 fully saturated rings. The Hall–Kier alpha value is -4.52. The molecule has 40 heavy (non-hydrogen) atoms. The van der Waals surface area contributed by atoms with Gasteiger partial charge in [-0.2, -0.15) is 0 Å². The van der Waals surface area contributed by atoms with E-state index in [-0.39, 0.29) is 11.9 Å². The third kappa shape index (κ3) is 7.53. The minimum Gasteiger partial charge on any atom is -0.497 e. The second-order valence-corrected chi connectivity index (χ2v) is 9.63. The van der Waals surface area contributed by atoms with Gasteiger partial charge in [0.25, 0.3) is 0 Å². The highest BCUT2D eigenvalue weighted by molar-refractivity contribution is 5.92. The van der Waals surface area contributed by atoms with Gasteiger partial charge in [0.15, 0.2) is 11.5 Å². The summed E-state index contributed by atoms with van der Waals surface area (Å²) < 4.78 is 16.3. The molecule has 7 nitrogen and oxygen atoms in total. The van der Waals surface area contributed by atoms with E-state index in [0.717, 1.165) is 46.3 Å². The second kappa shape index (κ2) is 14.0. The summed E-state index contributed by atoms with van der Waals surface area (Å²) in [5.74, 6) is 2.05. The highest BCUT2D eigenvalue weighted by Gasteiger charge is 2.15. The average molecular weight is 540 g/mol. The van der Waals surface area contributed by atoms with Crippen LogP contribution in [-0.4, -0.2) is 49.7 Å². The number of ether oxygens (including phenoxy) is 3. The molecule has 0 radical (unpaired) electrons. The predicted molar refractivity (Wildman–Crippen MR) is 161 cm³/mol. The zero-order valence-corrected chi connectivity index (χ0v) is 23.6. The molecule has 7 heteroatoms. The SMILES string of the molecule is COc1cc(NC(C)CCCN(Cc2ccc(OC)c(OC)c2)C(=O)/C=C/c2ccccc2)c2ncccc2c1. The molecule has 4 aromatic rings. The van der Waals surface area contributed by atoms with Crippen LogP contribution >= 0.6 is 0 Å². The fraction of sp³-hybridized carbons (Fsp3) is 0.273. The number of nitrogens with zero attached hydrogens (tertiary/aromatic N) is 2. The van der Waals surface area contributed by atoms with E-state index >= 15 is 0 Å². The molecular formula is C33H37N3O4. The number of carbonyl (C=O) groups is 1. The fourth-order valence-electron chi connectivity index (χ4n) is 4.62. The summed E-state index contributed by atoms with van der Waals surface area (Å²) in [5.41, 5.74) is 3.80. The van der Waals surface area contributed by atoms with Gasteiger partial charge in [-0.1, -0.05) is 42.5 Å². The van der Waals surface area contributed by atoms with Crippen LogP contribution in [0.3, 0.4) is 0 Å². The van der Waals surface area contributed by atoms with Crippen molar-refractivity contribution >= 4 is 28.6 Å². The summed E-state index contributed by atoms with van der Waals surface area (Å²) in [7, 11) is 4.89. The van der Waals surface area contributed by atoms with Crippen LogP contribution in [0, 0.1) is 0 Å². The first-order valence-corrected chi connectivity index (χ1v) is 13.4. The Balaban J connectivity index is 1.45. The number of rotatable bonds is 13. The second-order valence-electron chi connectivity index (χ2n) is 9.63. The number of carbonyl (C=O) groups excluding carboxylic acids is 1. The van der Waals surface area contributed by atoms with Crippen LogP contribution in [0.4, 0.5) is 5.69 Å². The van der Waals surface area contributed by atoms with Gasteiger partial charge in [0.05, 0.1) is 32.5 Å². The summed E-state index contributed by atoms with van der Waals surface area (Å²) in [6.45, 7) is 3.21. The molecule has 1 atom stereocenters. The highest BCUT2D eigenvalue weighted by Crippen LogP contribution is 2.29. The summed E-state index contributed by atoms with van der Waals surface area (Å²) in [5, 5.41) is 4.62. The number of hydrogen-bond acceptors (Lipinski definition) is 6. The number of benzene rings is 3. The molecule has 1 heterocycles. The van der Waals surface area contributed by atoms with Crippen molar-refractivity contribution in [1.82, 2.24) is 9.88 Å². The number of pyridine rings is 1. The molecule has 0 aliphatic heterocycles. The van der Waals surface area contributed by atoms with E-state index < -0.39 is 0 Å². The zero-order chi connectivity index (χ0) is 28.3. The van der Waals surface area contributed by atoms with Gasteiger partial charge in [-0.25, -0.2) is 0 Å². The monoisotopic (exact) mass is 539 g/mol. The van der Waals surface area contributed by atoms with Crippen molar-refractivity contribution in [2.75, 3.05) is 33.2 Å². The lowest BCUT2D eigenvalue weighted by atomic mass is 10.1. The fourth-order valence-corrected chi connectivity index (χ4v) is 4.62. The molecule has 0 bridgehead atoms. The van der Waals surface area contributed by atoms with Crippen molar-refractivity contribution in [1.29, 1.82) is 0 Å². The van der Waals surface area contributed by atoms with Crippen LogP contribution in [0.15, 0.2) is 85.1 Å². The van der Waals surface area contributed by atoms with E-state index in [1.807, 2.05) is 83.8 Å². The molecule has 4 rings (SSSR count). The largest absolute Gasteiger partial charge is 0.497 e. The Morgan fingerprint density at radius 2 is 1.75 bits per heavy atom. The molecule has 0 saturated carbocycles. The molecule has 0 saturated heterocycles. The zero-order valence-electron chi connectivity index (χ0n) is 23.6. The first kappa shape index (κ1) is 28.5. The van der Waals surface area contributed by atoms with Crippen molar-refractivity contribution in [3.63, 3.8) is 0 Å². The first-order chi connectivity index (χ1) is 19.5. The molecule has 0 spiro atoms. The maximum atomic E-state index is 13.3. The standard InChI is InChI=1S/C33H37N3O4/c1-24(35-29-22-28(38-2)21-27-13-8-18-34-33(27)29)10-9-19-36(32(37)17-15-25-11-6-5-7-12-25)23-26-14-16-30(39-3)31(20-26)40-4/h5-8,11-18,20-22,24,35H,9-10,19,23H2,1-4H3/b17-15+. The van der Waals surface area contributed by atoms with Crippen LogP contribution in [0.1, 0.15) is 30.9 Å². The molecule has 1 amide bonds. The van der Waals surface area contributed by atoms with E-state index in [9.17, 15) is 4.79 Å². The van der Waals surface area contributed by atoms with E-state index in [0.29, 0.717) is 24.6 Å². The molecule has 3 aromatic carbocycles. The van der Waals surface area contributed by atoms with Crippen LogP contribution in [0.2, 0.25) is 0 Å². The Bertz CT molecular complexity index is 1440. The molecule has 208 valence electrons. The van der Waals surface area contributed by atoms with Crippen LogP contribution < -0.4 is 19.5 Å². The lowest BCUT2D eigenvalue weighted by Gasteiger charge is -2.23. The Morgan fingerprint density at radius 3 is 2.50 bits per heavy atom. The summed E-state index contributed by atoms with van der Waals surface area (Å²) in [4.78, 5) is 19.8. The van der Waals surface area contributed by atoms with E-state index in [1.165, 1.54) is 0 Å². The van der Waals surface area contributed by atoms with Gasteiger partial charge in [0.2, 0.25) is 5.91 Å². The number of fused-ring (bicyclic) bond motifs is 1.